The summed E-state index contributed by atoms with van der Waals surface area (Å²) in [6.45, 7) is 0. The summed E-state index contributed by atoms with van der Waals surface area (Å²) in [5.41, 5.74) is -0.343. The van der Waals surface area contributed by atoms with Crippen LogP contribution in [0.4, 0.5) is 0 Å². The van der Waals surface area contributed by atoms with Crippen molar-refractivity contribution in [3.8, 4) is 0 Å². The van der Waals surface area contributed by atoms with Crippen LogP contribution in [0.25, 0.3) is 10.6 Å². The first kappa shape index (κ1) is 22.7. The number of carboxylic acids is 4. The second-order valence-corrected chi connectivity index (χ2v) is 4.92. The van der Waals surface area contributed by atoms with Crippen molar-refractivity contribution in [3.05, 3.63) is 34.6 Å². The van der Waals surface area contributed by atoms with Crippen LogP contribution in [0.1, 0.15) is 19.3 Å². The monoisotopic (exact) mass is 391 g/mol. The van der Waals surface area contributed by atoms with Crippen LogP contribution in [0.5, 0.6) is 0 Å². The average Bonchev–Trinajstić information content (AvgIpc) is 2.55. The zero-order valence-corrected chi connectivity index (χ0v) is 14.0. The van der Waals surface area contributed by atoms with Crippen LogP contribution in [0.3, 0.4) is 0 Å². The molecule has 3 atom stereocenters. The summed E-state index contributed by atoms with van der Waals surface area (Å²) in [6.07, 6.45) is 5.34. The minimum absolute atomic E-state index is 0. The minimum atomic E-state index is -1.47. The van der Waals surface area contributed by atoms with Crippen molar-refractivity contribution in [3.63, 3.8) is 0 Å². The number of allylic oxidation sites excluding steroid dienone is 2. The number of hydrogen-bond donors (Lipinski definition) is 3. The van der Waals surface area contributed by atoms with E-state index in [1.165, 1.54) is 18.2 Å². The molecule has 10 nitrogen and oxygen atoms in total. The third kappa shape index (κ3) is 7.38. The zero-order chi connectivity index (χ0) is 18.3. The molecule has 2 heterocycles. The van der Waals surface area contributed by atoms with E-state index in [9.17, 15) is 24.3 Å². The number of rotatable bonds is 4. The topological polar surface area (TPSA) is 180 Å². The van der Waals surface area contributed by atoms with Gasteiger partial charge in [0.1, 0.15) is 0 Å². The van der Waals surface area contributed by atoms with Gasteiger partial charge in [0, 0.05) is 12.0 Å². The van der Waals surface area contributed by atoms with Crippen LogP contribution in [0.2, 0.25) is 0 Å². The quantitative estimate of drug-likeness (QED) is 0.571. The first-order valence-corrected chi connectivity index (χ1v) is 6.91. The van der Waals surface area contributed by atoms with Gasteiger partial charge in [-0.3, -0.25) is 14.4 Å². The van der Waals surface area contributed by atoms with Gasteiger partial charge in [-0.2, -0.15) is 0 Å². The molecule has 0 aromatic heterocycles. The number of carbonyl (C=O) groups excluding carboxylic acids is 1. The number of aliphatic carboxylic acids is 4. The Morgan fingerprint density at radius 2 is 1.52 bits per heavy atom. The normalized spacial score (nSPS) is 24.3. The van der Waals surface area contributed by atoms with E-state index in [1.807, 2.05) is 0 Å². The number of carbonyl (C=O) groups is 4. The van der Waals surface area contributed by atoms with Gasteiger partial charge in [-0.15, -0.1) is 5.70 Å². The average molecular weight is 391 g/mol. The smallest absolute Gasteiger partial charge is 0.668 e. The summed E-state index contributed by atoms with van der Waals surface area (Å²) in [4.78, 5) is 41.4. The predicted molar refractivity (Wildman–Crippen MR) is 77.1 cm³/mol. The maximum Gasteiger partial charge on any atom is 2.00 e. The Hall–Kier alpha value is -2.35. The van der Waals surface area contributed by atoms with E-state index in [1.54, 1.807) is 0 Å². The Balaban J connectivity index is 0.000000443. The molecule has 0 bridgehead atoms. The molecule has 3 N–H and O–H groups in total. The van der Waals surface area contributed by atoms with Gasteiger partial charge in [-0.1, -0.05) is 37.5 Å². The van der Waals surface area contributed by atoms with Gasteiger partial charge in [0.15, 0.2) is 0 Å². The van der Waals surface area contributed by atoms with Gasteiger partial charge in [-0.25, -0.2) is 0 Å². The predicted octanol–water partition coefficient (Wildman–Crippen LogP) is -0.535. The van der Waals surface area contributed by atoms with Crippen molar-refractivity contribution in [1.29, 1.82) is 0 Å². The molecule has 3 unspecified atom stereocenters. The minimum Gasteiger partial charge on any atom is -0.668 e. The maximum absolute atomic E-state index is 10.4. The summed E-state index contributed by atoms with van der Waals surface area (Å²) < 4.78 is 0. The molecule has 0 saturated carbocycles. The SMILES string of the molecule is O=C(O)C1CCCC(C(=O)O)[N-]1.O=C([O-])C1=CC=CC(C(=O)O)[N-]1.[Cr+2]. The fraction of sp³-hybridized carbons (Fsp3) is 0.429. The van der Waals surface area contributed by atoms with E-state index in [0.717, 1.165) is 0 Å². The molecular weight excluding hydrogens is 376 g/mol. The van der Waals surface area contributed by atoms with Gasteiger partial charge < -0.3 is 35.9 Å². The molecule has 11 heteroatoms. The molecule has 2 aliphatic heterocycles. The van der Waals surface area contributed by atoms with Crippen molar-refractivity contribution < 1.29 is 57.0 Å². The number of hydrogen-bond acceptors (Lipinski definition) is 5. The van der Waals surface area contributed by atoms with E-state index in [4.69, 9.17) is 15.3 Å². The molecule has 2 aliphatic rings. The van der Waals surface area contributed by atoms with E-state index in [-0.39, 0.29) is 23.1 Å². The molecule has 0 spiro atoms. The largest absolute Gasteiger partial charge is 2.00 e. The first-order chi connectivity index (χ1) is 11.2. The Bertz CT molecular complexity index is 569. The number of nitrogens with zero attached hydrogens (tertiary/aromatic N) is 2. The third-order valence-electron chi connectivity index (χ3n) is 3.17. The Kier molecular flexibility index (Phi) is 9.52. The molecule has 136 valence electrons. The molecule has 25 heavy (non-hydrogen) atoms. The van der Waals surface area contributed by atoms with Crippen LogP contribution >= 0.6 is 0 Å². The van der Waals surface area contributed by atoms with Crippen molar-refractivity contribution in [2.75, 3.05) is 0 Å². The summed E-state index contributed by atoms with van der Waals surface area (Å²) >= 11 is 0. The number of piperidine rings is 1. The molecule has 0 aromatic carbocycles. The first-order valence-electron chi connectivity index (χ1n) is 6.91. The van der Waals surface area contributed by atoms with Crippen LogP contribution in [-0.4, -0.2) is 57.3 Å². The van der Waals surface area contributed by atoms with E-state index in [0.29, 0.717) is 19.3 Å². The summed E-state index contributed by atoms with van der Waals surface area (Å²) in [7, 11) is 0. The zero-order valence-electron chi connectivity index (χ0n) is 12.8. The van der Waals surface area contributed by atoms with Crippen LogP contribution in [0.15, 0.2) is 23.9 Å². The fourth-order valence-corrected chi connectivity index (χ4v) is 1.99. The van der Waals surface area contributed by atoms with Crippen molar-refractivity contribution in [2.45, 2.75) is 37.4 Å². The molecular formula is C14H15CrN2O8-. The molecule has 2 rings (SSSR count). The summed E-state index contributed by atoms with van der Waals surface area (Å²) in [5, 5.41) is 42.9. The second kappa shape index (κ2) is 10.5. The summed E-state index contributed by atoms with van der Waals surface area (Å²) in [6, 6.07) is -2.75. The Morgan fingerprint density at radius 3 is 1.92 bits per heavy atom. The molecule has 0 aliphatic carbocycles. The third-order valence-corrected chi connectivity index (χ3v) is 3.17. The molecule has 1 fully saturated rings. The van der Waals surface area contributed by atoms with Gasteiger partial charge in [-0.05, 0) is 12.1 Å². The van der Waals surface area contributed by atoms with Crippen LogP contribution in [-0.2, 0) is 36.5 Å². The van der Waals surface area contributed by atoms with Crippen LogP contribution in [0, 0.1) is 0 Å². The van der Waals surface area contributed by atoms with Crippen molar-refractivity contribution >= 4 is 23.9 Å². The van der Waals surface area contributed by atoms with Gasteiger partial charge in [0.25, 0.3) is 17.9 Å². The fourth-order valence-electron chi connectivity index (χ4n) is 1.99. The molecule has 0 radical (unpaired) electrons. The van der Waals surface area contributed by atoms with Gasteiger partial charge in [0.05, 0.1) is 0 Å². The van der Waals surface area contributed by atoms with Crippen molar-refractivity contribution in [2.24, 2.45) is 0 Å². The maximum atomic E-state index is 10.4. The van der Waals surface area contributed by atoms with E-state index < -0.39 is 42.0 Å². The van der Waals surface area contributed by atoms with Crippen molar-refractivity contribution in [1.82, 2.24) is 0 Å². The van der Waals surface area contributed by atoms with E-state index in [2.05, 4.69) is 10.6 Å². The Labute approximate surface area is 153 Å². The molecule has 1 saturated heterocycles. The van der Waals surface area contributed by atoms with Gasteiger partial charge in [0.2, 0.25) is 0 Å². The molecule has 0 amide bonds. The van der Waals surface area contributed by atoms with Crippen LogP contribution < -0.4 is 5.11 Å². The number of carboxylic acid groups (broad SMARTS) is 4. The van der Waals surface area contributed by atoms with Gasteiger partial charge >= 0.3 is 17.4 Å². The Morgan fingerprint density at radius 1 is 1.00 bits per heavy atom. The standard InChI is InChI=1S/C7H10NO4.C7H6NO4.Cr/c2*9-6(10)4-2-1-3-5(8-4)7(11)12;/h4-5H,1-3H2,(H,9,10)(H,11,12);1-4H,(H,9,10)(H,11,12);/q2*-1;+2/p-1. The summed E-state index contributed by atoms with van der Waals surface area (Å²) in [5.74, 6) is -4.70. The molecule has 0 aromatic rings. The second-order valence-electron chi connectivity index (χ2n) is 4.92. The van der Waals surface area contributed by atoms with E-state index >= 15 is 0 Å².